The van der Waals surface area contributed by atoms with Crippen LogP contribution in [0.15, 0.2) is 48.5 Å². The Kier molecular flexibility index (Phi) is 5.09. The molecule has 0 aliphatic carbocycles. The second kappa shape index (κ2) is 7.03. The fourth-order valence-corrected chi connectivity index (χ4v) is 1.95. The van der Waals surface area contributed by atoms with Crippen molar-refractivity contribution in [2.24, 2.45) is 5.73 Å². The van der Waals surface area contributed by atoms with Gasteiger partial charge in [-0.3, -0.25) is 0 Å². The summed E-state index contributed by atoms with van der Waals surface area (Å²) in [6, 6.07) is 15.4. The molecule has 2 rings (SSSR count). The zero-order chi connectivity index (χ0) is 14.4. The SMILES string of the molecule is NC(=S)c1ccc(COc2ccc(CCO)cc2)cc1. The molecule has 0 aliphatic heterocycles. The maximum atomic E-state index is 8.85. The van der Waals surface area contributed by atoms with Crippen LogP contribution >= 0.6 is 12.2 Å². The van der Waals surface area contributed by atoms with Gasteiger partial charge in [-0.05, 0) is 29.7 Å². The van der Waals surface area contributed by atoms with E-state index in [0.29, 0.717) is 18.0 Å². The first-order valence-corrected chi connectivity index (χ1v) is 6.81. The number of aliphatic hydroxyl groups is 1. The lowest BCUT2D eigenvalue weighted by atomic mass is 10.1. The minimum Gasteiger partial charge on any atom is -0.489 e. The monoisotopic (exact) mass is 287 g/mol. The van der Waals surface area contributed by atoms with Crippen molar-refractivity contribution in [1.29, 1.82) is 0 Å². The van der Waals surface area contributed by atoms with Crippen LogP contribution in [0.3, 0.4) is 0 Å². The lowest BCUT2D eigenvalue weighted by Crippen LogP contribution is -2.09. The molecule has 0 saturated heterocycles. The standard InChI is InChI=1S/C16H17NO2S/c17-16(20)14-5-1-13(2-6-14)11-19-15-7-3-12(4-8-15)9-10-18/h1-8,18H,9-11H2,(H2,17,20). The van der Waals surface area contributed by atoms with E-state index in [1.165, 1.54) is 0 Å². The number of hydrogen-bond acceptors (Lipinski definition) is 3. The van der Waals surface area contributed by atoms with Gasteiger partial charge in [0.2, 0.25) is 0 Å². The Balaban J connectivity index is 1.92. The van der Waals surface area contributed by atoms with E-state index in [4.69, 9.17) is 27.8 Å². The Morgan fingerprint density at radius 1 is 1.00 bits per heavy atom. The minimum atomic E-state index is 0.162. The lowest BCUT2D eigenvalue weighted by Gasteiger charge is -2.08. The number of nitrogens with two attached hydrogens (primary N) is 1. The summed E-state index contributed by atoms with van der Waals surface area (Å²) in [5, 5.41) is 8.85. The van der Waals surface area contributed by atoms with Crippen LogP contribution in [0, 0.1) is 0 Å². The van der Waals surface area contributed by atoms with Crippen molar-refractivity contribution in [3.63, 3.8) is 0 Å². The van der Waals surface area contributed by atoms with Crippen LogP contribution in [0.4, 0.5) is 0 Å². The molecular weight excluding hydrogens is 270 g/mol. The van der Waals surface area contributed by atoms with Crippen LogP contribution in [0.25, 0.3) is 0 Å². The number of hydrogen-bond donors (Lipinski definition) is 2. The molecule has 0 saturated carbocycles. The lowest BCUT2D eigenvalue weighted by molar-refractivity contribution is 0.298. The maximum absolute atomic E-state index is 8.85. The summed E-state index contributed by atoms with van der Waals surface area (Å²) in [5.74, 6) is 0.810. The van der Waals surface area contributed by atoms with Gasteiger partial charge in [0, 0.05) is 12.2 Å². The molecule has 0 heterocycles. The van der Waals surface area contributed by atoms with Gasteiger partial charge in [0.05, 0.1) is 0 Å². The molecule has 104 valence electrons. The molecule has 0 unspecified atom stereocenters. The maximum Gasteiger partial charge on any atom is 0.119 e. The van der Waals surface area contributed by atoms with Gasteiger partial charge in [-0.15, -0.1) is 0 Å². The van der Waals surface area contributed by atoms with E-state index >= 15 is 0 Å². The summed E-state index contributed by atoms with van der Waals surface area (Å²) >= 11 is 4.91. The first kappa shape index (κ1) is 14.5. The van der Waals surface area contributed by atoms with E-state index in [-0.39, 0.29) is 6.61 Å². The predicted octanol–water partition coefficient (Wildman–Crippen LogP) is 2.43. The highest BCUT2D eigenvalue weighted by atomic mass is 32.1. The molecule has 0 aliphatic rings. The fraction of sp³-hybridized carbons (Fsp3) is 0.188. The van der Waals surface area contributed by atoms with Gasteiger partial charge in [0.25, 0.3) is 0 Å². The first-order valence-electron chi connectivity index (χ1n) is 6.40. The zero-order valence-electron chi connectivity index (χ0n) is 11.1. The third kappa shape index (κ3) is 4.05. The van der Waals surface area contributed by atoms with Crippen molar-refractivity contribution in [1.82, 2.24) is 0 Å². The molecule has 0 bridgehead atoms. The third-order valence-corrected chi connectivity index (χ3v) is 3.20. The Hall–Kier alpha value is -1.91. The molecular formula is C16H17NO2S. The number of benzene rings is 2. The topological polar surface area (TPSA) is 55.5 Å². The van der Waals surface area contributed by atoms with Gasteiger partial charge in [-0.2, -0.15) is 0 Å². The van der Waals surface area contributed by atoms with Crippen LogP contribution in [-0.4, -0.2) is 16.7 Å². The van der Waals surface area contributed by atoms with Gasteiger partial charge in [0.1, 0.15) is 17.3 Å². The number of thiocarbonyl (C=S) groups is 1. The van der Waals surface area contributed by atoms with Gasteiger partial charge >= 0.3 is 0 Å². The van der Waals surface area contributed by atoms with E-state index in [2.05, 4.69) is 0 Å². The largest absolute Gasteiger partial charge is 0.489 e. The molecule has 3 N–H and O–H groups in total. The van der Waals surface area contributed by atoms with E-state index < -0.39 is 0 Å². The van der Waals surface area contributed by atoms with Crippen LogP contribution in [-0.2, 0) is 13.0 Å². The summed E-state index contributed by atoms with van der Waals surface area (Å²) in [4.78, 5) is 0.400. The molecule has 2 aromatic rings. The molecule has 4 heteroatoms. The van der Waals surface area contributed by atoms with Crippen molar-refractivity contribution in [2.75, 3.05) is 6.61 Å². The highest BCUT2D eigenvalue weighted by Gasteiger charge is 1.99. The second-order valence-corrected chi connectivity index (χ2v) is 4.91. The van der Waals surface area contributed by atoms with Crippen LogP contribution in [0.2, 0.25) is 0 Å². The summed E-state index contributed by atoms with van der Waals surface area (Å²) in [7, 11) is 0. The zero-order valence-corrected chi connectivity index (χ0v) is 11.9. The van der Waals surface area contributed by atoms with Crippen molar-refractivity contribution < 1.29 is 9.84 Å². The Morgan fingerprint density at radius 3 is 2.15 bits per heavy atom. The molecule has 0 spiro atoms. The summed E-state index contributed by atoms with van der Waals surface area (Å²) in [6.07, 6.45) is 0.667. The van der Waals surface area contributed by atoms with Gasteiger partial charge in [-0.1, -0.05) is 48.6 Å². The highest BCUT2D eigenvalue weighted by Crippen LogP contribution is 2.15. The van der Waals surface area contributed by atoms with E-state index in [0.717, 1.165) is 22.4 Å². The molecule has 0 fully saturated rings. The Bertz CT molecular complexity index is 564. The van der Waals surface area contributed by atoms with Crippen LogP contribution in [0.5, 0.6) is 5.75 Å². The van der Waals surface area contributed by atoms with Crippen LogP contribution in [0.1, 0.15) is 16.7 Å². The fourth-order valence-electron chi connectivity index (χ4n) is 1.81. The average molecular weight is 287 g/mol. The van der Waals surface area contributed by atoms with E-state index in [1.807, 2.05) is 48.5 Å². The molecule has 20 heavy (non-hydrogen) atoms. The van der Waals surface area contributed by atoms with Crippen molar-refractivity contribution in [3.8, 4) is 5.75 Å². The van der Waals surface area contributed by atoms with Crippen LogP contribution < -0.4 is 10.5 Å². The Labute approximate surface area is 124 Å². The van der Waals surface area contributed by atoms with Crippen molar-refractivity contribution in [3.05, 3.63) is 65.2 Å². The Morgan fingerprint density at radius 2 is 1.60 bits per heavy atom. The van der Waals surface area contributed by atoms with Crippen molar-refractivity contribution in [2.45, 2.75) is 13.0 Å². The summed E-state index contributed by atoms with van der Waals surface area (Å²) in [6.45, 7) is 0.659. The van der Waals surface area contributed by atoms with E-state index in [9.17, 15) is 0 Å². The van der Waals surface area contributed by atoms with Gasteiger partial charge in [-0.25, -0.2) is 0 Å². The number of aliphatic hydroxyl groups excluding tert-OH is 1. The predicted molar refractivity (Wildman–Crippen MR) is 83.9 cm³/mol. The third-order valence-electron chi connectivity index (χ3n) is 2.97. The quantitative estimate of drug-likeness (QED) is 0.801. The summed E-state index contributed by atoms with van der Waals surface area (Å²) < 4.78 is 5.70. The summed E-state index contributed by atoms with van der Waals surface area (Å²) in [5.41, 5.74) is 8.57. The first-order chi connectivity index (χ1) is 9.69. The molecule has 3 nitrogen and oxygen atoms in total. The van der Waals surface area contributed by atoms with Gasteiger partial charge < -0.3 is 15.6 Å². The van der Waals surface area contributed by atoms with Crippen molar-refractivity contribution >= 4 is 17.2 Å². The van der Waals surface area contributed by atoms with Gasteiger partial charge in [0.15, 0.2) is 0 Å². The molecule has 0 amide bonds. The van der Waals surface area contributed by atoms with E-state index in [1.54, 1.807) is 0 Å². The molecule has 0 aromatic heterocycles. The second-order valence-electron chi connectivity index (χ2n) is 4.47. The average Bonchev–Trinajstić information content (AvgIpc) is 2.47. The molecule has 2 aromatic carbocycles. The molecule has 0 radical (unpaired) electrons. The highest BCUT2D eigenvalue weighted by molar-refractivity contribution is 7.80. The number of ether oxygens (including phenoxy) is 1. The minimum absolute atomic E-state index is 0.162. The molecule has 0 atom stereocenters. The number of rotatable bonds is 6. The normalized spacial score (nSPS) is 10.2. The smallest absolute Gasteiger partial charge is 0.119 e.